The molecule has 2 aliphatic carbocycles. The van der Waals surface area contributed by atoms with Crippen molar-refractivity contribution in [3.63, 3.8) is 0 Å². The largest absolute Gasteiger partial charge is 0.142 e. The van der Waals surface area contributed by atoms with Crippen LogP contribution in [0.2, 0.25) is 0 Å². The summed E-state index contributed by atoms with van der Waals surface area (Å²) in [5.41, 5.74) is 7.63. The first-order valence-electron chi connectivity index (χ1n) is 12.1. The smallest absolute Gasteiger partial charge is 0.0885 e. The van der Waals surface area contributed by atoms with E-state index < -0.39 is 8.07 Å². The zero-order chi connectivity index (χ0) is 24.2. The third kappa shape index (κ3) is 3.19. The Morgan fingerprint density at radius 1 is 0.486 bits per heavy atom. The Kier molecular flexibility index (Phi) is 5.60. The molecule has 0 amide bonds. The lowest BCUT2D eigenvalue weighted by Gasteiger charge is -2.44. The lowest BCUT2D eigenvalue weighted by Crippen LogP contribution is -2.66. The molecule has 2 atom stereocenters. The standard InChI is InChI=1S/C32H26Cl2Si/c1-21-25-17-9-11-19-27(25)31(29(21)33)35(23-13-5-3-6-14-23,24-15-7-4-8-16-24)32-28-20-12-10-18-26(28)22(2)30(32)34/h3-20,31-32H,1-2H3. The molecule has 0 spiro atoms. The minimum atomic E-state index is -2.77. The first-order valence-corrected chi connectivity index (χ1v) is 15.0. The van der Waals surface area contributed by atoms with Crippen molar-refractivity contribution in [3.8, 4) is 0 Å². The first-order chi connectivity index (χ1) is 17.1. The molecular formula is C32H26Cl2Si. The molecule has 0 aliphatic heterocycles. The average molecular weight is 510 g/mol. The third-order valence-corrected chi connectivity index (χ3v) is 15.0. The van der Waals surface area contributed by atoms with Crippen LogP contribution in [0.15, 0.2) is 119 Å². The Balaban J connectivity index is 1.79. The first kappa shape index (κ1) is 22.6. The normalized spacial score (nSPS) is 19.2. The SMILES string of the molecule is CC1=C(Cl)C([Si](c2ccccc2)(c2ccccc2)C2C(Cl)=C(C)c3ccccc32)c2ccccc21. The van der Waals surface area contributed by atoms with Crippen LogP contribution in [0.5, 0.6) is 0 Å². The van der Waals surface area contributed by atoms with Gasteiger partial charge in [-0.05, 0) is 47.2 Å². The molecule has 0 N–H and O–H groups in total. The number of hydrogen-bond acceptors (Lipinski definition) is 0. The lowest BCUT2D eigenvalue weighted by molar-refractivity contribution is 1.05. The van der Waals surface area contributed by atoms with E-state index in [4.69, 9.17) is 23.2 Å². The van der Waals surface area contributed by atoms with Crippen molar-refractivity contribution >= 4 is 52.8 Å². The van der Waals surface area contributed by atoms with E-state index in [-0.39, 0.29) is 11.1 Å². The summed E-state index contributed by atoms with van der Waals surface area (Å²) in [4.78, 5) is 0. The van der Waals surface area contributed by atoms with Crippen LogP contribution >= 0.6 is 23.2 Å². The Morgan fingerprint density at radius 2 is 0.829 bits per heavy atom. The van der Waals surface area contributed by atoms with Crippen molar-refractivity contribution in [2.45, 2.75) is 24.9 Å². The number of fused-ring (bicyclic) bond motifs is 2. The van der Waals surface area contributed by atoms with E-state index in [0.29, 0.717) is 0 Å². The molecular weight excluding hydrogens is 483 g/mol. The van der Waals surface area contributed by atoms with Gasteiger partial charge in [0.2, 0.25) is 0 Å². The van der Waals surface area contributed by atoms with Gasteiger partial charge in [-0.3, -0.25) is 0 Å². The topological polar surface area (TPSA) is 0 Å². The summed E-state index contributed by atoms with van der Waals surface area (Å²) in [7, 11) is -2.77. The Morgan fingerprint density at radius 3 is 1.23 bits per heavy atom. The van der Waals surface area contributed by atoms with E-state index in [1.807, 2.05) is 0 Å². The van der Waals surface area contributed by atoms with Gasteiger partial charge in [0.05, 0.1) is 0 Å². The molecule has 2 aliphatic rings. The number of rotatable bonds is 4. The Bertz CT molecular complexity index is 1370. The predicted molar refractivity (Wildman–Crippen MR) is 153 cm³/mol. The molecule has 35 heavy (non-hydrogen) atoms. The summed E-state index contributed by atoms with van der Waals surface area (Å²) in [5, 5.41) is 4.62. The van der Waals surface area contributed by atoms with Crippen molar-refractivity contribution in [2.24, 2.45) is 0 Å². The molecule has 2 unspecified atom stereocenters. The molecule has 0 fully saturated rings. The summed E-state index contributed by atoms with van der Waals surface area (Å²) in [6.07, 6.45) is 0. The van der Waals surface area contributed by atoms with Gasteiger partial charge in [-0.2, -0.15) is 0 Å². The van der Waals surface area contributed by atoms with Crippen molar-refractivity contribution in [1.29, 1.82) is 0 Å². The van der Waals surface area contributed by atoms with Crippen LogP contribution in [0.3, 0.4) is 0 Å². The molecule has 0 radical (unpaired) electrons. The van der Waals surface area contributed by atoms with Gasteiger partial charge < -0.3 is 0 Å². The second-order valence-electron chi connectivity index (χ2n) is 9.59. The molecule has 6 rings (SSSR count). The molecule has 0 saturated heterocycles. The molecule has 3 heteroatoms. The molecule has 4 aromatic carbocycles. The summed E-state index contributed by atoms with van der Waals surface area (Å²) >= 11 is 14.8. The number of halogens is 2. The van der Waals surface area contributed by atoms with E-state index in [0.717, 1.165) is 10.1 Å². The molecule has 0 saturated carbocycles. The average Bonchev–Trinajstić information content (AvgIpc) is 3.32. The quantitative estimate of drug-likeness (QED) is 0.246. The maximum absolute atomic E-state index is 7.42. The fourth-order valence-electron chi connectivity index (χ4n) is 6.46. The van der Waals surface area contributed by atoms with E-state index in [1.165, 1.54) is 43.8 Å². The zero-order valence-corrected chi connectivity index (χ0v) is 22.3. The van der Waals surface area contributed by atoms with Gasteiger partial charge in [-0.15, -0.1) is 0 Å². The second-order valence-corrected chi connectivity index (χ2v) is 14.4. The predicted octanol–water partition coefficient (Wildman–Crippen LogP) is 7.86. The monoisotopic (exact) mass is 508 g/mol. The maximum Gasteiger partial charge on any atom is 0.142 e. The second kappa shape index (κ2) is 8.67. The van der Waals surface area contributed by atoms with Crippen LogP contribution < -0.4 is 10.4 Å². The maximum atomic E-state index is 7.42. The number of allylic oxidation sites excluding steroid dienone is 4. The zero-order valence-electron chi connectivity index (χ0n) is 19.8. The molecule has 0 bridgehead atoms. The van der Waals surface area contributed by atoms with E-state index in [9.17, 15) is 0 Å². The van der Waals surface area contributed by atoms with Crippen LogP contribution in [0.1, 0.15) is 47.2 Å². The van der Waals surface area contributed by atoms with Crippen molar-refractivity contribution in [2.75, 3.05) is 0 Å². The van der Waals surface area contributed by atoms with Gasteiger partial charge in [-0.1, -0.05) is 143 Å². The van der Waals surface area contributed by atoms with Crippen molar-refractivity contribution in [3.05, 3.63) is 142 Å². The Hall–Kier alpha value is -2.84. The van der Waals surface area contributed by atoms with E-state index in [1.54, 1.807) is 0 Å². The lowest BCUT2D eigenvalue weighted by atomic mass is 10.1. The number of hydrogen-bond donors (Lipinski definition) is 0. The van der Waals surface area contributed by atoms with Gasteiger partial charge >= 0.3 is 0 Å². The number of benzene rings is 4. The van der Waals surface area contributed by atoms with Gasteiger partial charge in [0.25, 0.3) is 0 Å². The molecule has 0 aromatic heterocycles. The highest BCUT2D eigenvalue weighted by atomic mass is 35.5. The van der Waals surface area contributed by atoms with Crippen LogP contribution in [0.4, 0.5) is 0 Å². The summed E-state index contributed by atoms with van der Waals surface area (Å²) in [6, 6.07) is 39.6. The van der Waals surface area contributed by atoms with E-state index in [2.05, 4.69) is 123 Å². The minimum Gasteiger partial charge on any atom is -0.0885 e. The van der Waals surface area contributed by atoms with Crippen molar-refractivity contribution in [1.82, 2.24) is 0 Å². The molecule has 172 valence electrons. The Labute approximate surface area is 218 Å². The highest BCUT2D eigenvalue weighted by Gasteiger charge is 2.57. The van der Waals surface area contributed by atoms with Gasteiger partial charge in [0.15, 0.2) is 0 Å². The summed E-state index contributed by atoms with van der Waals surface area (Å²) in [6.45, 7) is 4.34. The van der Waals surface area contributed by atoms with Gasteiger partial charge in [-0.25, -0.2) is 0 Å². The molecule has 0 nitrogen and oxygen atoms in total. The van der Waals surface area contributed by atoms with Crippen LogP contribution in [-0.2, 0) is 0 Å². The van der Waals surface area contributed by atoms with Crippen LogP contribution in [0.25, 0.3) is 11.1 Å². The highest BCUT2D eigenvalue weighted by molar-refractivity contribution is 7.06. The third-order valence-electron chi connectivity index (χ3n) is 7.99. The molecule has 4 aromatic rings. The minimum absolute atomic E-state index is 0.0582. The van der Waals surface area contributed by atoms with E-state index >= 15 is 0 Å². The van der Waals surface area contributed by atoms with Gasteiger partial charge in [0, 0.05) is 21.1 Å². The van der Waals surface area contributed by atoms with Gasteiger partial charge in [0.1, 0.15) is 8.07 Å². The van der Waals surface area contributed by atoms with Crippen LogP contribution in [0, 0.1) is 0 Å². The fraction of sp³-hybridized carbons (Fsp3) is 0.125. The van der Waals surface area contributed by atoms with Crippen molar-refractivity contribution < 1.29 is 0 Å². The fourth-order valence-corrected chi connectivity index (χ4v) is 14.1. The summed E-state index contributed by atoms with van der Waals surface area (Å²) in [5.74, 6) is 0. The summed E-state index contributed by atoms with van der Waals surface area (Å²) < 4.78 is 0. The van der Waals surface area contributed by atoms with Crippen LogP contribution in [-0.4, -0.2) is 8.07 Å². The molecule has 0 heterocycles. The highest BCUT2D eigenvalue weighted by Crippen LogP contribution is 2.56.